The van der Waals surface area contributed by atoms with E-state index in [1.54, 1.807) is 60.7 Å². The number of nitrogens with one attached hydrogen (secondary N) is 1. The molecule has 12 heteroatoms. The molecule has 0 unspecified atom stereocenters. The van der Waals surface area contributed by atoms with E-state index in [-0.39, 0.29) is 27.8 Å². The van der Waals surface area contributed by atoms with Crippen molar-refractivity contribution in [1.29, 1.82) is 0 Å². The van der Waals surface area contributed by atoms with Gasteiger partial charge >= 0.3 is 0 Å². The van der Waals surface area contributed by atoms with Crippen LogP contribution in [0, 0.1) is 10.1 Å². The molecule has 1 N–H and O–H groups in total. The Kier molecular flexibility index (Phi) is 10.0. The molecule has 0 radical (unpaired) electrons. The second kappa shape index (κ2) is 14.5. The Bertz CT molecular complexity index is 1800. The van der Waals surface area contributed by atoms with Crippen molar-refractivity contribution in [3.8, 4) is 5.75 Å². The fourth-order valence-corrected chi connectivity index (χ4v) is 5.46. The molecule has 1 fully saturated rings. The minimum Gasteiger partial charge on any atom is -0.483 e. The van der Waals surface area contributed by atoms with Gasteiger partial charge in [0.05, 0.1) is 16.3 Å². The van der Waals surface area contributed by atoms with Gasteiger partial charge in [0.2, 0.25) is 0 Å². The second-order valence-corrected chi connectivity index (χ2v) is 10.7. The zero-order valence-electron chi connectivity index (χ0n) is 25.7. The molecule has 11 nitrogen and oxygen atoms in total. The van der Waals surface area contributed by atoms with E-state index >= 15 is 0 Å². The summed E-state index contributed by atoms with van der Waals surface area (Å²) in [5.41, 5.74) is 2.09. The van der Waals surface area contributed by atoms with Crippen LogP contribution in [-0.2, 0) is 14.4 Å². The summed E-state index contributed by atoms with van der Waals surface area (Å²) in [7, 11) is 0. The molecule has 0 atom stereocenters. The molecular weight excluding hydrogens is 618 g/mol. The third-order valence-corrected chi connectivity index (χ3v) is 7.77. The average molecular weight is 650 g/mol. The molecule has 4 aromatic rings. The predicted molar refractivity (Wildman–Crippen MR) is 186 cm³/mol. The number of ether oxygens (including phenoxy) is 1. The smallest absolute Gasteiger partial charge is 0.271 e. The maximum absolute atomic E-state index is 14.0. The van der Waals surface area contributed by atoms with Gasteiger partial charge in [0.25, 0.3) is 23.4 Å². The van der Waals surface area contributed by atoms with Gasteiger partial charge in [0, 0.05) is 48.2 Å². The summed E-state index contributed by atoms with van der Waals surface area (Å²) >= 11 is 5.70. The first kappa shape index (κ1) is 32.5. The molecule has 5 rings (SSSR count). The number of para-hydroxylation sites is 2. The van der Waals surface area contributed by atoms with Crippen LogP contribution in [0.1, 0.15) is 19.4 Å². The van der Waals surface area contributed by atoms with E-state index in [1.165, 1.54) is 40.1 Å². The van der Waals surface area contributed by atoms with Crippen molar-refractivity contribution in [3.63, 3.8) is 0 Å². The lowest BCUT2D eigenvalue weighted by molar-refractivity contribution is -0.384. The lowest BCUT2D eigenvalue weighted by atomic mass is 10.0. The molecule has 1 heterocycles. The van der Waals surface area contributed by atoms with E-state index in [1.807, 2.05) is 32.0 Å². The van der Waals surface area contributed by atoms with E-state index in [0.717, 1.165) is 5.69 Å². The zero-order valence-corrected chi connectivity index (χ0v) is 26.5. The number of hydrogen-bond acceptors (Lipinski definition) is 8. The number of carbonyl (C=O) groups excluding carboxylic acids is 3. The van der Waals surface area contributed by atoms with Crippen LogP contribution in [0.25, 0.3) is 6.08 Å². The van der Waals surface area contributed by atoms with Gasteiger partial charge in [0.1, 0.15) is 11.3 Å². The van der Waals surface area contributed by atoms with Crippen LogP contribution in [-0.4, -0.2) is 47.5 Å². The molecule has 4 aromatic carbocycles. The lowest BCUT2D eigenvalue weighted by Crippen LogP contribution is -2.56. The van der Waals surface area contributed by atoms with Crippen molar-refractivity contribution in [1.82, 2.24) is 0 Å². The van der Waals surface area contributed by atoms with Crippen LogP contribution in [0.3, 0.4) is 0 Å². The summed E-state index contributed by atoms with van der Waals surface area (Å²) in [4.78, 5) is 56.2. The van der Waals surface area contributed by atoms with Crippen molar-refractivity contribution in [2.45, 2.75) is 13.8 Å². The summed E-state index contributed by atoms with van der Waals surface area (Å²) in [6.07, 6.45) is 1.44. The highest BCUT2D eigenvalue weighted by atomic mass is 32.1. The van der Waals surface area contributed by atoms with Gasteiger partial charge < -0.3 is 15.0 Å². The number of benzene rings is 4. The molecule has 1 aliphatic heterocycles. The first-order valence-electron chi connectivity index (χ1n) is 14.8. The van der Waals surface area contributed by atoms with Crippen molar-refractivity contribution >= 4 is 69.6 Å². The maximum Gasteiger partial charge on any atom is 0.271 e. The van der Waals surface area contributed by atoms with Crippen molar-refractivity contribution in [3.05, 3.63) is 124 Å². The van der Waals surface area contributed by atoms with E-state index in [0.29, 0.717) is 30.0 Å². The highest BCUT2D eigenvalue weighted by Gasteiger charge is 2.41. The van der Waals surface area contributed by atoms with Gasteiger partial charge in [-0.15, -0.1) is 0 Å². The fraction of sp³-hybridized carbons (Fsp3) is 0.143. The molecule has 0 bridgehead atoms. The molecule has 1 saturated heterocycles. The molecule has 1 aliphatic rings. The number of nitro benzene ring substituents is 1. The Hall–Kier alpha value is -5.88. The Morgan fingerprint density at radius 1 is 0.872 bits per heavy atom. The van der Waals surface area contributed by atoms with Gasteiger partial charge in [-0.05, 0) is 74.6 Å². The van der Waals surface area contributed by atoms with Crippen molar-refractivity contribution in [2.75, 3.05) is 39.7 Å². The molecule has 3 amide bonds. The third-order valence-electron chi connectivity index (χ3n) is 7.40. The quantitative estimate of drug-likeness (QED) is 0.0669. The van der Waals surface area contributed by atoms with Gasteiger partial charge in [-0.2, -0.15) is 0 Å². The summed E-state index contributed by atoms with van der Waals surface area (Å²) < 4.78 is 5.99. The molecular formula is C35H31N5O6S. The van der Waals surface area contributed by atoms with E-state index in [4.69, 9.17) is 17.0 Å². The average Bonchev–Trinajstić information content (AvgIpc) is 3.08. The number of nitrogens with zero attached hydrogens (tertiary/aromatic N) is 4. The standard InChI is InChI=1S/C35H31N5O6S/c1-3-37(4-2)28-19-18-24(31(22-28)46-23-32(41)36-25-12-11-17-29(21-25)40(44)45)20-30-33(42)38(26-13-7-5-8-14-26)35(47)39(34(30)43)27-15-9-6-10-16-27/h5-22H,3-4,23H2,1-2H3,(H,36,41). The number of hydrogen-bond donors (Lipinski definition) is 1. The van der Waals surface area contributed by atoms with Gasteiger partial charge in [-0.1, -0.05) is 42.5 Å². The first-order valence-corrected chi connectivity index (χ1v) is 15.2. The monoisotopic (exact) mass is 649 g/mol. The maximum atomic E-state index is 14.0. The topological polar surface area (TPSA) is 125 Å². The summed E-state index contributed by atoms with van der Waals surface area (Å²) in [6.45, 7) is 4.97. The number of amides is 3. The zero-order chi connectivity index (χ0) is 33.5. The normalized spacial score (nSPS) is 13.0. The predicted octanol–water partition coefficient (Wildman–Crippen LogP) is 6.21. The number of nitro groups is 1. The summed E-state index contributed by atoms with van der Waals surface area (Å²) in [6, 6.07) is 28.5. The Morgan fingerprint density at radius 3 is 2.02 bits per heavy atom. The van der Waals surface area contributed by atoms with Gasteiger partial charge in [-0.3, -0.25) is 34.3 Å². The van der Waals surface area contributed by atoms with Crippen LogP contribution in [0.5, 0.6) is 5.75 Å². The number of carbonyl (C=O) groups is 3. The number of rotatable bonds is 11. The Morgan fingerprint density at radius 2 is 1.47 bits per heavy atom. The summed E-state index contributed by atoms with van der Waals surface area (Å²) in [5.74, 6) is -1.53. The highest BCUT2D eigenvalue weighted by Crippen LogP contribution is 2.33. The van der Waals surface area contributed by atoms with Crippen LogP contribution >= 0.6 is 12.2 Å². The molecule has 0 spiro atoms. The molecule has 0 aromatic heterocycles. The van der Waals surface area contributed by atoms with Crippen LogP contribution in [0.15, 0.2) is 109 Å². The minimum absolute atomic E-state index is 0.0146. The van der Waals surface area contributed by atoms with Crippen LogP contribution in [0.4, 0.5) is 28.4 Å². The molecule has 47 heavy (non-hydrogen) atoms. The minimum atomic E-state index is -0.611. The first-order chi connectivity index (χ1) is 22.7. The number of anilines is 4. The van der Waals surface area contributed by atoms with Gasteiger partial charge in [0.15, 0.2) is 11.7 Å². The number of non-ortho nitro benzene ring substituents is 1. The Balaban J connectivity index is 1.53. The van der Waals surface area contributed by atoms with Crippen molar-refractivity contribution < 1.29 is 24.0 Å². The van der Waals surface area contributed by atoms with Crippen molar-refractivity contribution in [2.24, 2.45) is 0 Å². The van der Waals surface area contributed by atoms with E-state index < -0.39 is 29.3 Å². The van der Waals surface area contributed by atoms with E-state index in [9.17, 15) is 24.5 Å². The SMILES string of the molecule is CCN(CC)c1ccc(C=C2C(=O)N(c3ccccc3)C(=S)N(c3ccccc3)C2=O)c(OCC(=O)Nc2cccc([N+](=O)[O-])c2)c1. The summed E-state index contributed by atoms with van der Waals surface area (Å²) in [5, 5.41) is 13.8. The Labute approximate surface area is 276 Å². The largest absolute Gasteiger partial charge is 0.483 e. The molecule has 0 saturated carbocycles. The third kappa shape index (κ3) is 7.18. The lowest BCUT2D eigenvalue weighted by Gasteiger charge is -2.36. The van der Waals surface area contributed by atoms with E-state index in [2.05, 4.69) is 10.2 Å². The highest BCUT2D eigenvalue weighted by molar-refractivity contribution is 7.81. The molecule has 0 aliphatic carbocycles. The van der Waals surface area contributed by atoms with Crippen LogP contribution in [0.2, 0.25) is 0 Å². The second-order valence-electron chi connectivity index (χ2n) is 10.3. The van der Waals surface area contributed by atoms with Crippen LogP contribution < -0.4 is 24.8 Å². The fourth-order valence-electron chi connectivity index (χ4n) is 5.08. The van der Waals surface area contributed by atoms with Gasteiger partial charge in [-0.25, -0.2) is 0 Å². The molecule has 238 valence electrons. The number of thiocarbonyl (C=S) groups is 1.